The predicted molar refractivity (Wildman–Crippen MR) is 131 cm³/mol. The lowest BCUT2D eigenvalue weighted by Crippen LogP contribution is -2.28. The first kappa shape index (κ1) is 22.3. The number of phenolic OH excluding ortho intramolecular Hbond substituents is 1. The number of hydrogen-bond donors (Lipinski definition) is 1. The number of carbonyl (C=O) groups is 1. The van der Waals surface area contributed by atoms with Gasteiger partial charge in [-0.25, -0.2) is 4.99 Å². The van der Waals surface area contributed by atoms with Crippen LogP contribution in [0.1, 0.15) is 5.56 Å². The van der Waals surface area contributed by atoms with Crippen LogP contribution in [0.4, 0.5) is 11.4 Å². The van der Waals surface area contributed by atoms with E-state index in [0.717, 1.165) is 5.75 Å². The van der Waals surface area contributed by atoms with Crippen LogP contribution in [0.25, 0.3) is 6.08 Å². The number of phenols is 1. The van der Waals surface area contributed by atoms with Crippen molar-refractivity contribution >= 4 is 40.3 Å². The summed E-state index contributed by atoms with van der Waals surface area (Å²) in [5.41, 5.74) is 2.06. The number of thioether (sulfide) groups is 1. The zero-order valence-electron chi connectivity index (χ0n) is 18.3. The smallest absolute Gasteiger partial charge is 0.271 e. The van der Waals surface area contributed by atoms with Crippen LogP contribution in [-0.2, 0) is 4.79 Å². The fourth-order valence-electron chi connectivity index (χ4n) is 3.27. The van der Waals surface area contributed by atoms with Crippen LogP contribution in [0.15, 0.2) is 76.6 Å². The molecule has 168 valence electrons. The number of carbonyl (C=O) groups excluding carboxylic acids is 1. The number of amidine groups is 1. The van der Waals surface area contributed by atoms with Gasteiger partial charge < -0.3 is 19.3 Å². The quantitative estimate of drug-likeness (QED) is 0.506. The molecular weight excluding hydrogens is 440 g/mol. The molecule has 8 heteroatoms. The van der Waals surface area contributed by atoms with Gasteiger partial charge in [-0.1, -0.05) is 18.2 Å². The minimum atomic E-state index is -0.204. The van der Waals surface area contributed by atoms with Crippen molar-refractivity contribution in [2.45, 2.75) is 0 Å². The molecule has 7 nitrogen and oxygen atoms in total. The van der Waals surface area contributed by atoms with Gasteiger partial charge in [0.25, 0.3) is 5.91 Å². The van der Waals surface area contributed by atoms with Gasteiger partial charge in [-0.2, -0.15) is 0 Å². The van der Waals surface area contributed by atoms with E-state index in [4.69, 9.17) is 19.2 Å². The largest absolute Gasteiger partial charge is 0.502 e. The number of benzene rings is 3. The van der Waals surface area contributed by atoms with Crippen LogP contribution in [0, 0.1) is 0 Å². The van der Waals surface area contributed by atoms with E-state index in [1.807, 2.05) is 54.6 Å². The van der Waals surface area contributed by atoms with Crippen molar-refractivity contribution in [3.8, 4) is 23.0 Å². The van der Waals surface area contributed by atoms with Crippen molar-refractivity contribution in [2.24, 2.45) is 4.99 Å². The molecular formula is C25H22N2O5S. The molecule has 1 heterocycles. The van der Waals surface area contributed by atoms with Crippen LogP contribution in [-0.4, -0.2) is 37.5 Å². The lowest BCUT2D eigenvalue weighted by molar-refractivity contribution is -0.113. The maximum Gasteiger partial charge on any atom is 0.271 e. The minimum absolute atomic E-state index is 0.0970. The Bertz CT molecular complexity index is 1200. The van der Waals surface area contributed by atoms with E-state index in [-0.39, 0.29) is 23.2 Å². The molecule has 4 rings (SSSR count). The fraction of sp³-hybridized carbons (Fsp3) is 0.120. The molecule has 0 radical (unpaired) electrons. The highest BCUT2D eigenvalue weighted by Crippen LogP contribution is 2.41. The number of rotatable bonds is 6. The standard InChI is InChI=1S/C25H22N2O5S/c1-30-19-11-9-17(10-12-19)26-25-27(18-7-5-4-6-8-18)24(29)22(33-25)15-16-13-20(31-2)23(28)21(14-16)32-3/h4-15,28H,1-3H3/b22-15-,26-25-. The Kier molecular flexibility index (Phi) is 6.55. The highest BCUT2D eigenvalue weighted by Gasteiger charge is 2.34. The lowest BCUT2D eigenvalue weighted by atomic mass is 10.1. The zero-order valence-corrected chi connectivity index (χ0v) is 19.1. The molecule has 1 N–H and O–H groups in total. The summed E-state index contributed by atoms with van der Waals surface area (Å²) in [6.07, 6.45) is 1.73. The summed E-state index contributed by atoms with van der Waals surface area (Å²) in [5.74, 6) is 0.932. The highest BCUT2D eigenvalue weighted by molar-refractivity contribution is 8.19. The second-order valence-electron chi connectivity index (χ2n) is 6.95. The second-order valence-corrected chi connectivity index (χ2v) is 7.96. The molecule has 1 saturated heterocycles. The van der Waals surface area contributed by atoms with Gasteiger partial charge in [-0.3, -0.25) is 9.69 Å². The normalized spacial score (nSPS) is 15.8. The molecule has 0 aromatic heterocycles. The van der Waals surface area contributed by atoms with E-state index in [0.29, 0.717) is 27.0 Å². The number of amides is 1. The van der Waals surface area contributed by atoms with Crippen LogP contribution >= 0.6 is 11.8 Å². The number of para-hydroxylation sites is 1. The number of methoxy groups -OCH3 is 3. The van der Waals surface area contributed by atoms with Gasteiger partial charge in [0.05, 0.1) is 37.6 Å². The van der Waals surface area contributed by atoms with Crippen LogP contribution < -0.4 is 19.1 Å². The van der Waals surface area contributed by atoms with Crippen molar-refractivity contribution in [1.29, 1.82) is 0 Å². The maximum atomic E-state index is 13.4. The summed E-state index contributed by atoms with van der Waals surface area (Å²) in [6.45, 7) is 0. The third kappa shape index (κ3) is 4.65. The molecule has 3 aromatic rings. The van der Waals surface area contributed by atoms with Crippen LogP contribution in [0.3, 0.4) is 0 Å². The molecule has 1 aliphatic heterocycles. The molecule has 1 fully saturated rings. The molecule has 0 saturated carbocycles. The summed E-state index contributed by atoms with van der Waals surface area (Å²) in [5, 5.41) is 10.7. The molecule has 0 atom stereocenters. The number of aromatic hydroxyl groups is 1. The molecule has 1 amide bonds. The van der Waals surface area contributed by atoms with Gasteiger partial charge in [-0.05, 0) is 71.9 Å². The Morgan fingerprint density at radius 3 is 2.12 bits per heavy atom. The lowest BCUT2D eigenvalue weighted by Gasteiger charge is -2.15. The maximum absolute atomic E-state index is 13.4. The minimum Gasteiger partial charge on any atom is -0.502 e. The van der Waals surface area contributed by atoms with Gasteiger partial charge in [-0.15, -0.1) is 0 Å². The number of aliphatic imine (C=N–C) groups is 1. The molecule has 0 unspecified atom stereocenters. The van der Waals surface area contributed by atoms with Crippen molar-refractivity contribution in [2.75, 3.05) is 26.2 Å². The van der Waals surface area contributed by atoms with Gasteiger partial charge in [0.1, 0.15) is 5.75 Å². The number of ether oxygens (including phenoxy) is 3. The first-order chi connectivity index (χ1) is 16.0. The average Bonchev–Trinajstić information content (AvgIpc) is 3.15. The molecule has 0 spiro atoms. The Labute approximate surface area is 195 Å². The van der Waals surface area contributed by atoms with E-state index in [1.54, 1.807) is 30.2 Å². The number of anilines is 1. The molecule has 3 aromatic carbocycles. The van der Waals surface area contributed by atoms with Crippen molar-refractivity contribution in [1.82, 2.24) is 0 Å². The zero-order chi connectivity index (χ0) is 23.4. The van der Waals surface area contributed by atoms with Crippen molar-refractivity contribution < 1.29 is 24.1 Å². The Morgan fingerprint density at radius 1 is 0.909 bits per heavy atom. The first-order valence-corrected chi connectivity index (χ1v) is 10.8. The fourth-order valence-corrected chi connectivity index (χ4v) is 4.27. The third-order valence-electron chi connectivity index (χ3n) is 4.92. The summed E-state index contributed by atoms with van der Waals surface area (Å²) in [6, 6.07) is 19.9. The second kappa shape index (κ2) is 9.70. The molecule has 0 bridgehead atoms. The van der Waals surface area contributed by atoms with Crippen LogP contribution in [0.2, 0.25) is 0 Å². The van der Waals surface area contributed by atoms with Crippen molar-refractivity contribution in [3.05, 3.63) is 77.2 Å². The number of hydrogen-bond acceptors (Lipinski definition) is 7. The first-order valence-electron chi connectivity index (χ1n) is 10.0. The summed E-state index contributed by atoms with van der Waals surface area (Å²) >= 11 is 1.26. The molecule has 33 heavy (non-hydrogen) atoms. The van der Waals surface area contributed by atoms with Crippen molar-refractivity contribution in [3.63, 3.8) is 0 Å². The highest BCUT2D eigenvalue weighted by atomic mass is 32.2. The topological polar surface area (TPSA) is 80.6 Å². The Hall–Kier alpha value is -3.91. The van der Waals surface area contributed by atoms with Gasteiger partial charge in [0.15, 0.2) is 16.7 Å². The third-order valence-corrected chi connectivity index (χ3v) is 5.89. The Morgan fingerprint density at radius 2 is 1.55 bits per heavy atom. The monoisotopic (exact) mass is 462 g/mol. The van der Waals surface area contributed by atoms with Gasteiger partial charge in [0, 0.05) is 0 Å². The SMILES string of the molecule is COc1ccc(/N=C2\S/C(=C\c3cc(OC)c(O)c(OC)c3)C(=O)N2c2ccccc2)cc1. The average molecular weight is 463 g/mol. The van der Waals surface area contributed by atoms with E-state index in [2.05, 4.69) is 0 Å². The summed E-state index contributed by atoms with van der Waals surface area (Å²) < 4.78 is 15.7. The summed E-state index contributed by atoms with van der Waals surface area (Å²) in [7, 11) is 4.52. The van der Waals surface area contributed by atoms with E-state index in [1.165, 1.54) is 26.0 Å². The van der Waals surface area contributed by atoms with E-state index in [9.17, 15) is 9.90 Å². The van der Waals surface area contributed by atoms with Crippen LogP contribution in [0.5, 0.6) is 23.0 Å². The predicted octanol–water partition coefficient (Wildman–Crippen LogP) is 5.23. The van der Waals surface area contributed by atoms with E-state index < -0.39 is 0 Å². The molecule has 1 aliphatic rings. The van der Waals surface area contributed by atoms with Gasteiger partial charge >= 0.3 is 0 Å². The number of nitrogens with zero attached hydrogens (tertiary/aromatic N) is 2. The summed E-state index contributed by atoms with van der Waals surface area (Å²) in [4.78, 5) is 20.2. The Balaban J connectivity index is 1.77. The van der Waals surface area contributed by atoms with Gasteiger partial charge in [0.2, 0.25) is 5.75 Å². The molecule has 0 aliphatic carbocycles. The van der Waals surface area contributed by atoms with E-state index >= 15 is 0 Å².